The summed E-state index contributed by atoms with van der Waals surface area (Å²) < 4.78 is 0. The quantitative estimate of drug-likeness (QED) is 0.932. The lowest BCUT2D eigenvalue weighted by Crippen LogP contribution is -2.21. The highest BCUT2D eigenvalue weighted by atomic mass is 16.2. The fraction of sp³-hybridized carbons (Fsp3) is 0.188. The molecule has 0 bridgehead atoms. The number of amides is 1. The van der Waals surface area contributed by atoms with Gasteiger partial charge < -0.3 is 10.2 Å². The maximum absolute atomic E-state index is 11.8. The lowest BCUT2D eigenvalue weighted by atomic mass is 10.1. The summed E-state index contributed by atoms with van der Waals surface area (Å²) in [5, 5.41) is 11.9. The largest absolute Gasteiger partial charge is 0.380 e. The summed E-state index contributed by atoms with van der Waals surface area (Å²) in [6.07, 6.45) is 1.63. The predicted octanol–water partition coefficient (Wildman–Crippen LogP) is 2.27. The zero-order valence-electron chi connectivity index (χ0n) is 12.0. The second kappa shape index (κ2) is 6.53. The molecule has 0 atom stereocenters. The van der Waals surface area contributed by atoms with Crippen molar-refractivity contribution in [3.63, 3.8) is 0 Å². The summed E-state index contributed by atoms with van der Waals surface area (Å²) in [6.45, 7) is 0.629. The van der Waals surface area contributed by atoms with E-state index < -0.39 is 0 Å². The van der Waals surface area contributed by atoms with Crippen molar-refractivity contribution in [2.75, 3.05) is 19.4 Å². The number of anilines is 1. The van der Waals surface area contributed by atoms with Crippen LogP contribution in [0.3, 0.4) is 0 Å². The van der Waals surface area contributed by atoms with Gasteiger partial charge in [0.1, 0.15) is 11.8 Å². The monoisotopic (exact) mass is 280 g/mol. The summed E-state index contributed by atoms with van der Waals surface area (Å²) >= 11 is 0. The molecule has 0 fully saturated rings. The van der Waals surface area contributed by atoms with Gasteiger partial charge in [-0.1, -0.05) is 12.1 Å². The van der Waals surface area contributed by atoms with Gasteiger partial charge in [0.25, 0.3) is 5.91 Å². The van der Waals surface area contributed by atoms with Crippen LogP contribution in [0.25, 0.3) is 0 Å². The number of rotatable bonds is 4. The fourth-order valence-electron chi connectivity index (χ4n) is 1.79. The Balaban J connectivity index is 1.97. The van der Waals surface area contributed by atoms with Crippen molar-refractivity contribution in [3.8, 4) is 6.07 Å². The number of pyridine rings is 1. The number of carbonyl (C=O) groups is 1. The van der Waals surface area contributed by atoms with Crippen LogP contribution in [0.2, 0.25) is 0 Å². The molecule has 0 aliphatic heterocycles. The molecule has 106 valence electrons. The van der Waals surface area contributed by atoms with Crippen molar-refractivity contribution in [1.82, 2.24) is 9.88 Å². The molecule has 0 aliphatic rings. The molecule has 0 saturated heterocycles. The first-order valence-electron chi connectivity index (χ1n) is 6.51. The van der Waals surface area contributed by atoms with E-state index in [0.29, 0.717) is 17.8 Å². The average molecular weight is 280 g/mol. The van der Waals surface area contributed by atoms with Gasteiger partial charge in [0, 0.05) is 26.2 Å². The molecule has 5 nitrogen and oxygen atoms in total. The molecule has 1 N–H and O–H groups in total. The van der Waals surface area contributed by atoms with Gasteiger partial charge in [0.2, 0.25) is 0 Å². The Morgan fingerprint density at radius 1 is 1.24 bits per heavy atom. The molecule has 0 radical (unpaired) electrons. The Morgan fingerprint density at radius 2 is 1.95 bits per heavy atom. The third kappa shape index (κ3) is 3.80. The van der Waals surface area contributed by atoms with E-state index in [9.17, 15) is 4.79 Å². The van der Waals surface area contributed by atoms with Gasteiger partial charge in [-0.25, -0.2) is 4.98 Å². The highest BCUT2D eigenvalue weighted by Gasteiger charge is 2.06. The predicted molar refractivity (Wildman–Crippen MR) is 80.7 cm³/mol. The topological polar surface area (TPSA) is 69.0 Å². The molecule has 0 aliphatic carbocycles. The standard InChI is InChI=1S/C16H16N4O/c1-20(2)16(21)13-5-3-12(4-6-13)10-18-15-8-7-14(9-17)19-11-15/h3-8,11,18H,10H2,1-2H3. The molecule has 2 rings (SSSR count). The number of carbonyl (C=O) groups excluding carboxylic acids is 1. The van der Waals surface area contributed by atoms with Crippen LogP contribution < -0.4 is 5.32 Å². The summed E-state index contributed by atoms with van der Waals surface area (Å²) in [4.78, 5) is 17.3. The van der Waals surface area contributed by atoms with Gasteiger partial charge >= 0.3 is 0 Å². The molecule has 0 spiro atoms. The zero-order valence-corrected chi connectivity index (χ0v) is 12.0. The first-order chi connectivity index (χ1) is 10.1. The smallest absolute Gasteiger partial charge is 0.253 e. The molecule has 1 amide bonds. The summed E-state index contributed by atoms with van der Waals surface area (Å²) in [7, 11) is 3.46. The molecule has 0 unspecified atom stereocenters. The van der Waals surface area contributed by atoms with Crippen molar-refractivity contribution in [2.45, 2.75) is 6.54 Å². The van der Waals surface area contributed by atoms with Crippen LogP contribution in [-0.2, 0) is 6.54 Å². The minimum atomic E-state index is -0.00852. The molecule has 1 aromatic carbocycles. The molecule has 1 aromatic heterocycles. The van der Waals surface area contributed by atoms with Crippen molar-refractivity contribution in [1.29, 1.82) is 5.26 Å². The number of hydrogen-bond donors (Lipinski definition) is 1. The number of benzene rings is 1. The molecule has 2 aromatic rings. The minimum absolute atomic E-state index is 0.00852. The Bertz CT molecular complexity index is 654. The van der Waals surface area contributed by atoms with Crippen LogP contribution in [0, 0.1) is 11.3 Å². The molecular weight excluding hydrogens is 264 g/mol. The van der Waals surface area contributed by atoms with Crippen LogP contribution in [0.4, 0.5) is 5.69 Å². The maximum atomic E-state index is 11.8. The maximum Gasteiger partial charge on any atom is 0.253 e. The minimum Gasteiger partial charge on any atom is -0.380 e. The first-order valence-corrected chi connectivity index (χ1v) is 6.51. The third-order valence-electron chi connectivity index (χ3n) is 2.98. The van der Waals surface area contributed by atoms with Crippen molar-refractivity contribution in [3.05, 3.63) is 59.4 Å². The van der Waals surface area contributed by atoms with E-state index in [-0.39, 0.29) is 5.91 Å². The Labute approximate surface area is 123 Å². The van der Waals surface area contributed by atoms with E-state index in [4.69, 9.17) is 5.26 Å². The van der Waals surface area contributed by atoms with Crippen LogP contribution in [0.15, 0.2) is 42.6 Å². The normalized spacial score (nSPS) is 9.76. The van der Waals surface area contributed by atoms with Crippen LogP contribution >= 0.6 is 0 Å². The molecular formula is C16H16N4O. The first kappa shape index (κ1) is 14.5. The van der Waals surface area contributed by atoms with Crippen LogP contribution in [-0.4, -0.2) is 29.9 Å². The van der Waals surface area contributed by atoms with E-state index in [2.05, 4.69) is 10.3 Å². The molecule has 1 heterocycles. The number of aromatic nitrogens is 1. The Kier molecular flexibility index (Phi) is 4.52. The van der Waals surface area contributed by atoms with Gasteiger partial charge in [-0.05, 0) is 29.8 Å². The van der Waals surface area contributed by atoms with Crippen molar-refractivity contribution < 1.29 is 4.79 Å². The molecule has 21 heavy (non-hydrogen) atoms. The van der Waals surface area contributed by atoms with Gasteiger partial charge in [-0.15, -0.1) is 0 Å². The lowest BCUT2D eigenvalue weighted by molar-refractivity contribution is 0.0827. The SMILES string of the molecule is CN(C)C(=O)c1ccc(CNc2ccc(C#N)nc2)cc1. The molecule has 0 saturated carbocycles. The second-order valence-corrected chi connectivity index (χ2v) is 4.79. The van der Waals surface area contributed by atoms with E-state index >= 15 is 0 Å². The number of nitrogens with one attached hydrogen (secondary N) is 1. The van der Waals surface area contributed by atoms with Crippen LogP contribution in [0.5, 0.6) is 0 Å². The summed E-state index contributed by atoms with van der Waals surface area (Å²) in [5.41, 5.74) is 2.98. The average Bonchev–Trinajstić information content (AvgIpc) is 2.53. The van der Waals surface area contributed by atoms with Crippen molar-refractivity contribution >= 4 is 11.6 Å². The second-order valence-electron chi connectivity index (χ2n) is 4.79. The Hall–Kier alpha value is -2.87. The van der Waals surface area contributed by atoms with Gasteiger partial charge in [-0.2, -0.15) is 5.26 Å². The number of nitrogens with zero attached hydrogens (tertiary/aromatic N) is 3. The van der Waals surface area contributed by atoms with E-state index in [1.807, 2.05) is 36.4 Å². The summed E-state index contributed by atoms with van der Waals surface area (Å²) in [6, 6.07) is 12.9. The number of nitriles is 1. The van der Waals surface area contributed by atoms with Crippen molar-refractivity contribution in [2.24, 2.45) is 0 Å². The van der Waals surface area contributed by atoms with E-state index in [1.165, 1.54) is 0 Å². The van der Waals surface area contributed by atoms with Crippen LogP contribution in [0.1, 0.15) is 21.6 Å². The molecule has 5 heteroatoms. The number of hydrogen-bond acceptors (Lipinski definition) is 4. The highest BCUT2D eigenvalue weighted by molar-refractivity contribution is 5.93. The van der Waals surface area contributed by atoms with Gasteiger partial charge in [-0.3, -0.25) is 4.79 Å². The van der Waals surface area contributed by atoms with Gasteiger partial charge in [0.05, 0.1) is 11.9 Å². The fourth-order valence-corrected chi connectivity index (χ4v) is 1.79. The van der Waals surface area contributed by atoms with E-state index in [1.54, 1.807) is 31.3 Å². The van der Waals surface area contributed by atoms with E-state index in [0.717, 1.165) is 11.3 Å². The van der Waals surface area contributed by atoms with Gasteiger partial charge in [0.15, 0.2) is 0 Å². The lowest BCUT2D eigenvalue weighted by Gasteiger charge is -2.11. The third-order valence-corrected chi connectivity index (χ3v) is 2.98. The highest BCUT2D eigenvalue weighted by Crippen LogP contribution is 2.10. The summed E-state index contributed by atoms with van der Waals surface area (Å²) in [5.74, 6) is -0.00852. The zero-order chi connectivity index (χ0) is 15.2. The Morgan fingerprint density at radius 3 is 2.48 bits per heavy atom.